The van der Waals surface area contributed by atoms with Crippen molar-refractivity contribution < 1.29 is 4.79 Å². The van der Waals surface area contributed by atoms with Crippen LogP contribution in [-0.4, -0.2) is 52.9 Å². The Hall–Kier alpha value is -3.16. The van der Waals surface area contributed by atoms with E-state index in [4.69, 9.17) is 0 Å². The lowest BCUT2D eigenvalue weighted by atomic mass is 9.91. The van der Waals surface area contributed by atoms with Gasteiger partial charge in [0.15, 0.2) is 11.3 Å². The van der Waals surface area contributed by atoms with E-state index in [1.807, 2.05) is 23.4 Å². The molecule has 2 atom stereocenters. The quantitative estimate of drug-likeness (QED) is 0.603. The highest BCUT2D eigenvalue weighted by atomic mass is 16.2. The maximum atomic E-state index is 12.7. The number of nitrogens with one attached hydrogen (secondary N) is 1. The molecule has 8 heteroatoms. The van der Waals surface area contributed by atoms with Gasteiger partial charge >= 0.3 is 6.03 Å². The summed E-state index contributed by atoms with van der Waals surface area (Å²) in [5.41, 5.74) is 3.83. The number of aromatic nitrogens is 6. The summed E-state index contributed by atoms with van der Waals surface area (Å²) in [6, 6.07) is 2.00. The molecule has 0 aromatic carbocycles. The van der Waals surface area contributed by atoms with Crippen LogP contribution in [0.3, 0.4) is 0 Å². The smallest absolute Gasteiger partial charge is 0.329 e. The van der Waals surface area contributed by atoms with Crippen molar-refractivity contribution in [2.45, 2.75) is 19.3 Å². The number of carbonyl (C=O) groups excluding carboxylic acids is 1. The Kier molecular flexibility index (Phi) is 3.31. The van der Waals surface area contributed by atoms with Crippen LogP contribution in [0.15, 0.2) is 43.4 Å². The Balaban J connectivity index is 1.56. The summed E-state index contributed by atoms with van der Waals surface area (Å²) in [4.78, 5) is 30.7. The van der Waals surface area contributed by atoms with Gasteiger partial charge in [0.25, 0.3) is 0 Å². The highest BCUT2D eigenvalue weighted by Crippen LogP contribution is 2.36. The average Bonchev–Trinajstić information content (AvgIpc) is 3.45. The van der Waals surface area contributed by atoms with E-state index in [0.717, 1.165) is 35.5 Å². The Morgan fingerprint density at radius 1 is 1.31 bits per heavy atom. The fourth-order valence-corrected chi connectivity index (χ4v) is 4.07. The monoisotopic (exact) mass is 349 g/mol. The van der Waals surface area contributed by atoms with E-state index < -0.39 is 0 Å². The minimum Gasteiger partial charge on any atom is -0.345 e. The molecule has 1 fully saturated rings. The van der Waals surface area contributed by atoms with Gasteiger partial charge in [-0.1, -0.05) is 13.3 Å². The molecular weight excluding hydrogens is 330 g/mol. The van der Waals surface area contributed by atoms with Gasteiger partial charge in [-0.05, 0) is 12.0 Å². The van der Waals surface area contributed by atoms with Crippen LogP contribution < -0.4 is 0 Å². The fourth-order valence-electron chi connectivity index (χ4n) is 4.07. The number of aromatic amines is 1. The van der Waals surface area contributed by atoms with Crippen LogP contribution in [0.25, 0.3) is 16.8 Å². The van der Waals surface area contributed by atoms with Crippen molar-refractivity contribution >= 4 is 22.8 Å². The number of rotatable bonds is 2. The van der Waals surface area contributed by atoms with Gasteiger partial charge < -0.3 is 9.88 Å². The van der Waals surface area contributed by atoms with Crippen molar-refractivity contribution in [3.05, 3.63) is 49.1 Å². The molecule has 5 heterocycles. The zero-order valence-corrected chi connectivity index (χ0v) is 14.4. The highest BCUT2D eigenvalue weighted by Gasteiger charge is 2.37. The second kappa shape index (κ2) is 5.69. The van der Waals surface area contributed by atoms with Gasteiger partial charge in [-0.25, -0.2) is 19.7 Å². The second-order valence-corrected chi connectivity index (χ2v) is 6.78. The topological polar surface area (TPSA) is 84.1 Å². The van der Waals surface area contributed by atoms with Crippen molar-refractivity contribution in [2.75, 3.05) is 13.1 Å². The van der Waals surface area contributed by atoms with Crippen LogP contribution in [0.2, 0.25) is 0 Å². The van der Waals surface area contributed by atoms with Crippen molar-refractivity contribution in [1.29, 1.82) is 0 Å². The van der Waals surface area contributed by atoms with Crippen LogP contribution in [0.5, 0.6) is 0 Å². The Morgan fingerprint density at radius 3 is 3.04 bits per heavy atom. The summed E-state index contributed by atoms with van der Waals surface area (Å²) in [5, 5.41) is 0. The van der Waals surface area contributed by atoms with Crippen LogP contribution >= 0.6 is 0 Å². The summed E-state index contributed by atoms with van der Waals surface area (Å²) < 4.78 is 3.70. The third-order valence-corrected chi connectivity index (χ3v) is 5.41. The predicted molar refractivity (Wildman–Crippen MR) is 96.0 cm³/mol. The van der Waals surface area contributed by atoms with Crippen molar-refractivity contribution in [3.8, 4) is 0 Å². The first-order valence-corrected chi connectivity index (χ1v) is 8.83. The van der Waals surface area contributed by atoms with Gasteiger partial charge in [-0.3, -0.25) is 8.97 Å². The van der Waals surface area contributed by atoms with Gasteiger partial charge in [0.05, 0.1) is 11.7 Å². The third kappa shape index (κ3) is 2.15. The molecule has 8 nitrogen and oxygen atoms in total. The molecule has 1 saturated heterocycles. The first kappa shape index (κ1) is 15.1. The highest BCUT2D eigenvalue weighted by molar-refractivity contribution is 5.77. The molecule has 1 amide bonds. The summed E-state index contributed by atoms with van der Waals surface area (Å²) in [7, 11) is 0. The third-order valence-electron chi connectivity index (χ3n) is 5.41. The molecule has 5 rings (SSSR count). The first-order valence-electron chi connectivity index (χ1n) is 8.83. The van der Waals surface area contributed by atoms with Crippen molar-refractivity contribution in [3.63, 3.8) is 0 Å². The Labute approximate surface area is 149 Å². The zero-order chi connectivity index (χ0) is 17.7. The molecule has 132 valence electrons. The summed E-state index contributed by atoms with van der Waals surface area (Å²) in [6.07, 6.45) is 11.5. The molecule has 0 saturated carbocycles. The molecule has 0 radical (unpaired) electrons. The summed E-state index contributed by atoms with van der Waals surface area (Å²) >= 11 is 0. The number of fused-ring (bicyclic) bond motifs is 3. The number of imidazole rings is 2. The zero-order valence-electron chi connectivity index (χ0n) is 14.4. The molecule has 4 aromatic rings. The van der Waals surface area contributed by atoms with E-state index >= 15 is 0 Å². The van der Waals surface area contributed by atoms with Crippen molar-refractivity contribution in [1.82, 2.24) is 33.8 Å². The second-order valence-electron chi connectivity index (χ2n) is 6.78. The van der Waals surface area contributed by atoms with Crippen LogP contribution in [0.4, 0.5) is 4.79 Å². The number of hydrogen-bond acceptors (Lipinski definition) is 4. The normalized spacial score (nSPS) is 20.4. The van der Waals surface area contributed by atoms with Gasteiger partial charge in [0.1, 0.15) is 6.33 Å². The van der Waals surface area contributed by atoms with E-state index in [0.29, 0.717) is 12.5 Å². The lowest BCUT2D eigenvalue weighted by Crippen LogP contribution is -2.32. The fraction of sp³-hybridized carbons (Fsp3) is 0.333. The largest absolute Gasteiger partial charge is 0.345 e. The number of likely N-dealkylation sites (tertiary alicyclic amines) is 1. The van der Waals surface area contributed by atoms with E-state index in [1.54, 1.807) is 24.9 Å². The van der Waals surface area contributed by atoms with Crippen LogP contribution in [0, 0.1) is 5.92 Å². The number of carbonyl (C=O) groups is 1. The number of amides is 1. The molecule has 0 unspecified atom stereocenters. The van der Waals surface area contributed by atoms with Gasteiger partial charge in [0.2, 0.25) is 0 Å². The Morgan fingerprint density at radius 2 is 2.23 bits per heavy atom. The first-order chi connectivity index (χ1) is 12.8. The van der Waals surface area contributed by atoms with Crippen LogP contribution in [0.1, 0.15) is 25.0 Å². The minimum atomic E-state index is -0.0225. The standard InChI is InChI=1S/C18H19N7O/c1-2-12-9-24(18(26)23-6-5-19-11-23)10-13(12)15-7-21-16-8-22-17-14(25(15)16)3-4-20-17/h3-8,11-13,20H,2,9-10H2,1H3/t12-,13+/m1/s1. The van der Waals surface area contributed by atoms with Crippen molar-refractivity contribution in [2.24, 2.45) is 5.92 Å². The summed E-state index contributed by atoms with van der Waals surface area (Å²) in [5.74, 6) is 0.632. The van der Waals surface area contributed by atoms with Gasteiger partial charge in [0, 0.05) is 49.5 Å². The molecule has 26 heavy (non-hydrogen) atoms. The average molecular weight is 349 g/mol. The molecule has 0 spiro atoms. The minimum absolute atomic E-state index is 0.0225. The number of hydrogen-bond donors (Lipinski definition) is 1. The molecule has 0 aliphatic carbocycles. The van der Waals surface area contributed by atoms with E-state index in [1.165, 1.54) is 4.57 Å². The predicted octanol–water partition coefficient (Wildman–Crippen LogP) is 2.50. The maximum absolute atomic E-state index is 12.7. The lowest BCUT2D eigenvalue weighted by Gasteiger charge is -2.16. The molecule has 1 aliphatic heterocycles. The molecule has 4 aromatic heterocycles. The van der Waals surface area contributed by atoms with Gasteiger partial charge in [-0.2, -0.15) is 0 Å². The molecular formula is C18H19N7O. The van der Waals surface area contributed by atoms with Gasteiger partial charge in [-0.15, -0.1) is 0 Å². The van der Waals surface area contributed by atoms with Crippen LogP contribution in [-0.2, 0) is 0 Å². The maximum Gasteiger partial charge on any atom is 0.329 e. The van der Waals surface area contributed by atoms with E-state index in [9.17, 15) is 4.79 Å². The molecule has 0 bridgehead atoms. The summed E-state index contributed by atoms with van der Waals surface area (Å²) in [6.45, 7) is 3.60. The molecule has 1 N–H and O–H groups in total. The molecule has 1 aliphatic rings. The SMILES string of the molecule is CC[C@@H]1CN(C(=O)n2ccnc2)C[C@@H]1c1cnc2cnc3[nH]ccc3n12. The van der Waals surface area contributed by atoms with E-state index in [2.05, 4.69) is 31.3 Å². The van der Waals surface area contributed by atoms with E-state index in [-0.39, 0.29) is 11.9 Å². The lowest BCUT2D eigenvalue weighted by molar-refractivity contribution is 0.208. The number of nitrogens with zero attached hydrogens (tertiary/aromatic N) is 6. The Bertz CT molecular complexity index is 1080. The number of H-pyrrole nitrogens is 1.